The van der Waals surface area contributed by atoms with Gasteiger partial charge in [0.15, 0.2) is 9.92 Å². The van der Waals surface area contributed by atoms with Gasteiger partial charge in [-0.2, -0.15) is 0 Å². The molecule has 1 aromatic heterocycles. The summed E-state index contributed by atoms with van der Waals surface area (Å²) in [5.41, 5.74) is 2.62. The lowest BCUT2D eigenvalue weighted by Crippen LogP contribution is -2.52. The molecule has 2 aliphatic carbocycles. The molecular weight excluding hydrogens is 838 g/mol. The van der Waals surface area contributed by atoms with E-state index in [-0.39, 0.29) is 28.8 Å². The van der Waals surface area contributed by atoms with Gasteiger partial charge in [-0.05, 0) is 91.5 Å². The number of anilines is 1. The number of ether oxygens (including phenoxy) is 4. The van der Waals surface area contributed by atoms with E-state index in [1.54, 1.807) is 45.4 Å². The molecule has 0 saturated heterocycles. The largest absolute Gasteiger partial charge is 0.490 e. The quantitative estimate of drug-likeness (QED) is 0.319. The van der Waals surface area contributed by atoms with Crippen molar-refractivity contribution < 1.29 is 42.3 Å². The highest BCUT2D eigenvalue weighted by molar-refractivity contribution is 7.94. The number of amides is 4. The number of nitrogens with zero attached hydrogens (tertiary/aromatic N) is 6. The lowest BCUT2D eigenvalue weighted by molar-refractivity contribution is -0.129. The maximum atomic E-state index is 15.8. The van der Waals surface area contributed by atoms with Crippen LogP contribution in [-0.4, -0.2) is 127 Å². The van der Waals surface area contributed by atoms with Gasteiger partial charge < -0.3 is 33.6 Å². The first kappa shape index (κ1) is 44.9. The zero-order chi connectivity index (χ0) is 44.7. The van der Waals surface area contributed by atoms with Gasteiger partial charge in [0.25, 0.3) is 11.8 Å². The molecule has 2 aromatic carbocycles. The van der Waals surface area contributed by atoms with Crippen LogP contribution in [0.4, 0.5) is 10.5 Å². The van der Waals surface area contributed by atoms with Crippen molar-refractivity contribution in [3.63, 3.8) is 0 Å². The number of aromatic nitrogens is 2. The second-order valence-electron chi connectivity index (χ2n) is 17.3. The van der Waals surface area contributed by atoms with Crippen molar-refractivity contribution in [1.29, 1.82) is 0 Å². The van der Waals surface area contributed by atoms with E-state index >= 15 is 4.21 Å². The number of nitrogens with one attached hydrogen (secondary N) is 1. The fourth-order valence-electron chi connectivity index (χ4n) is 9.30. The summed E-state index contributed by atoms with van der Waals surface area (Å²) in [4.78, 5) is 61.3. The summed E-state index contributed by atoms with van der Waals surface area (Å²) in [7, 11) is 6.02. The van der Waals surface area contributed by atoms with Crippen LogP contribution in [0, 0.1) is 17.8 Å². The van der Waals surface area contributed by atoms with Crippen molar-refractivity contribution in [2.75, 3.05) is 67.0 Å². The van der Waals surface area contributed by atoms with Gasteiger partial charge in [-0.3, -0.25) is 23.8 Å². The van der Waals surface area contributed by atoms with Crippen molar-refractivity contribution >= 4 is 51.0 Å². The van der Waals surface area contributed by atoms with Crippen LogP contribution in [0.2, 0.25) is 5.02 Å². The molecule has 8 atom stereocenters. The van der Waals surface area contributed by atoms with E-state index in [9.17, 15) is 19.2 Å². The molecule has 1 unspecified atom stereocenters. The van der Waals surface area contributed by atoms with Crippen molar-refractivity contribution in [1.82, 2.24) is 24.3 Å². The van der Waals surface area contributed by atoms with Gasteiger partial charge in [0.1, 0.15) is 22.7 Å². The Balaban J connectivity index is 1.43. The molecule has 2 aliphatic heterocycles. The molecule has 18 heteroatoms. The number of rotatable bonds is 6. The predicted octanol–water partition coefficient (Wildman–Crippen LogP) is 5.28. The Hall–Kier alpha value is -5.13. The number of fused-ring (bicyclic) bond motifs is 4. The molecule has 1 saturated carbocycles. The molecule has 1 spiro atoms. The van der Waals surface area contributed by atoms with Crippen LogP contribution < -0.4 is 19.1 Å². The number of carbonyl (C=O) groups excluding carboxylic acids is 4. The van der Waals surface area contributed by atoms with Crippen LogP contribution in [0.5, 0.6) is 11.6 Å². The smallest absolute Gasteiger partial charge is 0.409 e. The van der Waals surface area contributed by atoms with Crippen molar-refractivity contribution in [3.8, 4) is 11.6 Å². The van der Waals surface area contributed by atoms with E-state index in [0.717, 1.165) is 32.1 Å². The first-order valence-electron chi connectivity index (χ1n) is 20.8. The highest BCUT2D eigenvalue weighted by Crippen LogP contribution is 2.47. The number of benzene rings is 2. The number of halogens is 1. The van der Waals surface area contributed by atoms with E-state index in [1.165, 1.54) is 67.1 Å². The number of hydrogen-bond acceptors (Lipinski definition) is 11. The molecule has 0 radical (unpaired) electrons. The molecule has 1 N–H and O–H groups in total. The van der Waals surface area contributed by atoms with Crippen LogP contribution in [0.3, 0.4) is 0 Å². The summed E-state index contributed by atoms with van der Waals surface area (Å²) in [6, 6.07) is 11.0. The highest BCUT2D eigenvalue weighted by Gasteiger charge is 2.46. The standard InChI is InChI=1S/C44H56ClN7O9S/c1-26-35(61-43(56)50(4)5)17-18-36(58-7)31-14-11-29(31)22-52-24-44(19-9-10-27-20-30(45)13-15-33(27)44)25-60-37-16-12-28(21-34(37)52)39(53)47-62(57,38(26)42(55)49(2)3)48-40(54)32-23-51(6)46-41(32)59-8/h12-13,15-18,20-21,23,26,29,31,35-36,38H,9-11,14,19,22,24-25H2,1-8H3,(H,47,48,53,54,57)/b18-17+/t26-,29-,31+,35-,36-,38?,44-,62-/m0/s1. The molecule has 3 heterocycles. The summed E-state index contributed by atoms with van der Waals surface area (Å²) in [6.45, 7) is 3.17. The summed E-state index contributed by atoms with van der Waals surface area (Å²) in [5.74, 6) is -3.04. The molecule has 16 nitrogen and oxygen atoms in total. The van der Waals surface area contributed by atoms with Gasteiger partial charge in [-0.1, -0.05) is 30.7 Å². The molecule has 2 bridgehead atoms. The van der Waals surface area contributed by atoms with Gasteiger partial charge in [0.2, 0.25) is 11.8 Å². The Morgan fingerprint density at radius 1 is 1.03 bits per heavy atom. The minimum atomic E-state index is -4.46. The maximum Gasteiger partial charge on any atom is 0.409 e. The Bertz CT molecular complexity index is 2390. The lowest BCUT2D eigenvalue weighted by Gasteiger charge is -2.46. The molecule has 4 aliphatic rings. The Morgan fingerprint density at radius 2 is 1.79 bits per heavy atom. The summed E-state index contributed by atoms with van der Waals surface area (Å²) in [6.07, 6.45) is 6.99. The average Bonchev–Trinajstić information content (AvgIpc) is 3.54. The SMILES string of the molecule is COc1nn(C)cc1C(=O)N[S@@]1(=O)=NC(=O)c2ccc3c(c2)N(C[C@@H]2CC[C@H]2[C@@H](OC)/C=C/[C@H](OC(=O)N(C)C)[C@H](C)C1C(=O)N(C)C)C[C@@]1(CCCc2cc(Cl)ccc21)CO3. The minimum Gasteiger partial charge on any atom is -0.490 e. The third-order valence-corrected chi connectivity index (χ3v) is 15.2. The molecule has 334 valence electrons. The third kappa shape index (κ3) is 8.75. The van der Waals surface area contributed by atoms with E-state index in [2.05, 4.69) is 25.1 Å². The number of aryl methyl sites for hydroxylation is 2. The Kier molecular flexibility index (Phi) is 13.0. The lowest BCUT2D eigenvalue weighted by atomic mass is 9.68. The molecular formula is C44H56ClN7O9S. The molecule has 62 heavy (non-hydrogen) atoms. The van der Waals surface area contributed by atoms with Gasteiger partial charge in [-0.15, -0.1) is 9.46 Å². The van der Waals surface area contributed by atoms with Crippen LogP contribution in [0.25, 0.3) is 0 Å². The van der Waals surface area contributed by atoms with Gasteiger partial charge in [0, 0.05) is 83.6 Å². The van der Waals surface area contributed by atoms with E-state index in [0.29, 0.717) is 36.2 Å². The zero-order valence-corrected chi connectivity index (χ0v) is 38.0. The zero-order valence-electron chi connectivity index (χ0n) is 36.5. The van der Waals surface area contributed by atoms with Gasteiger partial charge in [0.05, 0.1) is 25.5 Å². The fourth-order valence-corrected chi connectivity index (χ4v) is 11.7. The Labute approximate surface area is 368 Å². The number of hydrogen-bond donors (Lipinski definition) is 1. The van der Waals surface area contributed by atoms with Gasteiger partial charge >= 0.3 is 6.09 Å². The van der Waals surface area contributed by atoms with Crippen molar-refractivity contribution in [2.24, 2.45) is 29.2 Å². The van der Waals surface area contributed by atoms with Crippen LogP contribution in [0.15, 0.2) is 59.1 Å². The first-order chi connectivity index (χ1) is 29.5. The van der Waals surface area contributed by atoms with Crippen LogP contribution in [-0.2, 0) is 43.1 Å². The normalized spacial score (nSPS) is 28.7. The number of carbonyl (C=O) groups is 4. The minimum absolute atomic E-state index is 0.0580. The van der Waals surface area contributed by atoms with Crippen LogP contribution >= 0.6 is 11.6 Å². The predicted molar refractivity (Wildman–Crippen MR) is 234 cm³/mol. The Morgan fingerprint density at radius 3 is 2.47 bits per heavy atom. The molecule has 7 rings (SSSR count). The summed E-state index contributed by atoms with van der Waals surface area (Å²) < 4.78 is 48.1. The highest BCUT2D eigenvalue weighted by atomic mass is 35.5. The number of methoxy groups -OCH3 is 2. The maximum absolute atomic E-state index is 15.8. The van der Waals surface area contributed by atoms with Crippen molar-refractivity contribution in [3.05, 3.63) is 82.0 Å². The van der Waals surface area contributed by atoms with Gasteiger partial charge in [-0.25, -0.2) is 9.00 Å². The monoisotopic (exact) mass is 893 g/mol. The van der Waals surface area contributed by atoms with Crippen molar-refractivity contribution in [2.45, 2.75) is 61.9 Å². The van der Waals surface area contributed by atoms with Crippen LogP contribution in [0.1, 0.15) is 64.4 Å². The third-order valence-electron chi connectivity index (χ3n) is 12.7. The molecule has 3 aromatic rings. The second kappa shape index (κ2) is 17.9. The van der Waals surface area contributed by atoms with E-state index in [4.69, 9.17) is 30.5 Å². The fraction of sp³-hybridized carbons (Fsp3) is 0.523. The first-order valence-corrected chi connectivity index (χ1v) is 22.7. The molecule has 1 fully saturated rings. The average molecular weight is 894 g/mol. The van der Waals surface area contributed by atoms with E-state index in [1.807, 2.05) is 18.2 Å². The summed E-state index contributed by atoms with van der Waals surface area (Å²) in [5, 5.41) is 3.10. The molecule has 4 amide bonds. The topological polar surface area (TPSA) is 174 Å². The van der Waals surface area contributed by atoms with E-state index < -0.39 is 62.5 Å². The summed E-state index contributed by atoms with van der Waals surface area (Å²) >= 11 is 6.50. The second-order valence-corrected chi connectivity index (χ2v) is 19.7.